The van der Waals surface area contributed by atoms with E-state index in [1.807, 2.05) is 31.2 Å². The molecule has 0 radical (unpaired) electrons. The van der Waals surface area contributed by atoms with Crippen LogP contribution in [0.5, 0.6) is 23.0 Å². The zero-order chi connectivity index (χ0) is 29.6. The van der Waals surface area contributed by atoms with E-state index in [0.717, 1.165) is 36.1 Å². The van der Waals surface area contributed by atoms with Crippen LogP contribution in [0.1, 0.15) is 35.8 Å². The van der Waals surface area contributed by atoms with Crippen molar-refractivity contribution in [2.45, 2.75) is 37.8 Å². The Balaban J connectivity index is 1.40. The number of methoxy groups -OCH3 is 3. The molecule has 0 atom stereocenters. The SMILES string of the molecule is CCOc1ccc(-n2c(SCC(=O)NN=Cc3cc(OC)c(OC)cc3OC)nc3sc4c(c3c2=O)CCCC4)cc1. The zero-order valence-electron chi connectivity index (χ0n) is 23.9. The lowest BCUT2D eigenvalue weighted by molar-refractivity contribution is -0.118. The number of fused-ring (bicyclic) bond motifs is 3. The second kappa shape index (κ2) is 13.3. The Labute approximate surface area is 251 Å². The fraction of sp³-hybridized carbons (Fsp3) is 0.333. The molecule has 1 aliphatic carbocycles. The summed E-state index contributed by atoms with van der Waals surface area (Å²) in [6, 6.07) is 10.7. The van der Waals surface area contributed by atoms with Gasteiger partial charge in [0, 0.05) is 16.5 Å². The number of benzene rings is 2. The smallest absolute Gasteiger partial charge is 0.267 e. The maximum atomic E-state index is 14.0. The number of hydrogen-bond donors (Lipinski definition) is 1. The minimum Gasteiger partial charge on any atom is -0.496 e. The number of ether oxygens (including phenoxy) is 4. The summed E-state index contributed by atoms with van der Waals surface area (Å²) in [5, 5.41) is 5.22. The third-order valence-corrected chi connectivity index (χ3v) is 8.95. The quantitative estimate of drug-likeness (QED) is 0.110. The number of aryl methyl sites for hydroxylation is 2. The molecule has 1 N–H and O–H groups in total. The van der Waals surface area contributed by atoms with Gasteiger partial charge in [-0.05, 0) is 68.5 Å². The first-order valence-corrected chi connectivity index (χ1v) is 15.3. The van der Waals surface area contributed by atoms with E-state index in [0.29, 0.717) is 51.4 Å². The fourth-order valence-electron chi connectivity index (χ4n) is 4.86. The molecular weight excluding hydrogens is 576 g/mol. The third-order valence-electron chi connectivity index (χ3n) is 6.83. The average Bonchev–Trinajstić information content (AvgIpc) is 3.39. The lowest BCUT2D eigenvalue weighted by Gasteiger charge is -2.14. The topological polar surface area (TPSA) is 113 Å². The van der Waals surface area contributed by atoms with Gasteiger partial charge in [-0.3, -0.25) is 14.2 Å². The molecule has 0 spiro atoms. The van der Waals surface area contributed by atoms with Crippen LogP contribution in [-0.4, -0.2) is 55.4 Å². The molecule has 0 fully saturated rings. The number of rotatable bonds is 11. The van der Waals surface area contributed by atoms with Gasteiger partial charge in [0.2, 0.25) is 0 Å². The van der Waals surface area contributed by atoms with Crippen molar-refractivity contribution in [1.82, 2.24) is 15.0 Å². The predicted octanol–water partition coefficient (Wildman–Crippen LogP) is 4.99. The van der Waals surface area contributed by atoms with Gasteiger partial charge in [0.1, 0.15) is 16.3 Å². The highest BCUT2D eigenvalue weighted by Crippen LogP contribution is 2.36. The minimum absolute atomic E-state index is 0.000470. The van der Waals surface area contributed by atoms with Crippen LogP contribution in [0.25, 0.3) is 15.9 Å². The largest absolute Gasteiger partial charge is 0.496 e. The molecule has 12 heteroatoms. The summed E-state index contributed by atoms with van der Waals surface area (Å²) in [5.41, 5.74) is 4.80. The summed E-state index contributed by atoms with van der Waals surface area (Å²) in [6.45, 7) is 2.47. The molecule has 0 bridgehead atoms. The Hall–Kier alpha value is -4.03. The maximum absolute atomic E-state index is 14.0. The Morgan fingerprint density at radius 1 is 1.07 bits per heavy atom. The summed E-state index contributed by atoms with van der Waals surface area (Å²) in [5.74, 6) is 1.89. The number of thiophene rings is 1. The van der Waals surface area contributed by atoms with Gasteiger partial charge in [0.15, 0.2) is 16.7 Å². The zero-order valence-corrected chi connectivity index (χ0v) is 25.5. The van der Waals surface area contributed by atoms with Crippen molar-refractivity contribution < 1.29 is 23.7 Å². The molecule has 0 saturated carbocycles. The number of nitrogens with zero attached hydrogens (tertiary/aromatic N) is 3. The summed E-state index contributed by atoms with van der Waals surface area (Å²) < 4.78 is 23.2. The van der Waals surface area contributed by atoms with Gasteiger partial charge in [0.25, 0.3) is 11.5 Å². The molecule has 220 valence electrons. The minimum atomic E-state index is -0.353. The first-order valence-electron chi connectivity index (χ1n) is 13.5. The Morgan fingerprint density at radius 2 is 1.79 bits per heavy atom. The van der Waals surface area contributed by atoms with E-state index in [1.165, 1.54) is 44.2 Å². The first-order chi connectivity index (χ1) is 20.5. The molecule has 2 heterocycles. The summed E-state index contributed by atoms with van der Waals surface area (Å²) in [4.78, 5) is 33.6. The highest BCUT2D eigenvalue weighted by molar-refractivity contribution is 7.99. The van der Waals surface area contributed by atoms with E-state index in [-0.39, 0.29) is 17.2 Å². The van der Waals surface area contributed by atoms with Crippen molar-refractivity contribution in [2.75, 3.05) is 33.7 Å². The van der Waals surface area contributed by atoms with Crippen LogP contribution < -0.4 is 29.9 Å². The summed E-state index contributed by atoms with van der Waals surface area (Å²) in [6.07, 6.45) is 5.50. The monoisotopic (exact) mass is 608 g/mol. The number of thioether (sulfide) groups is 1. The molecule has 2 aromatic carbocycles. The Morgan fingerprint density at radius 3 is 2.50 bits per heavy atom. The number of nitrogens with one attached hydrogen (secondary N) is 1. The second-order valence-electron chi connectivity index (χ2n) is 9.38. The van der Waals surface area contributed by atoms with Crippen LogP contribution in [0.3, 0.4) is 0 Å². The van der Waals surface area contributed by atoms with Crippen molar-refractivity contribution >= 4 is 45.4 Å². The Kier molecular flexibility index (Phi) is 9.33. The van der Waals surface area contributed by atoms with Crippen LogP contribution in [0.2, 0.25) is 0 Å². The van der Waals surface area contributed by atoms with Crippen LogP contribution in [0.4, 0.5) is 0 Å². The van der Waals surface area contributed by atoms with E-state index in [1.54, 1.807) is 28.0 Å². The number of aromatic nitrogens is 2. The fourth-order valence-corrected chi connectivity index (χ4v) is 6.97. The maximum Gasteiger partial charge on any atom is 0.267 e. The summed E-state index contributed by atoms with van der Waals surface area (Å²) >= 11 is 2.77. The van der Waals surface area contributed by atoms with Gasteiger partial charge in [-0.2, -0.15) is 5.10 Å². The van der Waals surface area contributed by atoms with E-state index >= 15 is 0 Å². The van der Waals surface area contributed by atoms with E-state index in [2.05, 4.69) is 10.5 Å². The molecule has 42 heavy (non-hydrogen) atoms. The van der Waals surface area contributed by atoms with Crippen LogP contribution in [0, 0.1) is 0 Å². The van der Waals surface area contributed by atoms with Crippen molar-refractivity contribution in [3.05, 3.63) is 62.8 Å². The van der Waals surface area contributed by atoms with Gasteiger partial charge < -0.3 is 18.9 Å². The number of hydrazone groups is 1. The second-order valence-corrected chi connectivity index (χ2v) is 11.4. The number of hydrogen-bond acceptors (Lipinski definition) is 10. The van der Waals surface area contributed by atoms with Crippen molar-refractivity contribution in [3.63, 3.8) is 0 Å². The predicted molar refractivity (Wildman–Crippen MR) is 166 cm³/mol. The van der Waals surface area contributed by atoms with Crippen molar-refractivity contribution in [1.29, 1.82) is 0 Å². The highest BCUT2D eigenvalue weighted by atomic mass is 32.2. The third kappa shape index (κ3) is 6.09. The molecule has 0 saturated heterocycles. The molecular formula is C30H32N4O6S2. The van der Waals surface area contributed by atoms with Crippen LogP contribution in [-0.2, 0) is 17.6 Å². The normalized spacial score (nSPS) is 12.8. The number of amides is 1. The molecule has 2 aromatic heterocycles. The lowest BCUT2D eigenvalue weighted by atomic mass is 9.97. The number of carbonyl (C=O) groups excluding carboxylic acids is 1. The lowest BCUT2D eigenvalue weighted by Crippen LogP contribution is -2.24. The van der Waals surface area contributed by atoms with E-state index < -0.39 is 0 Å². The van der Waals surface area contributed by atoms with Crippen LogP contribution in [0.15, 0.2) is 51.5 Å². The molecule has 0 unspecified atom stereocenters. The highest BCUT2D eigenvalue weighted by Gasteiger charge is 2.23. The van der Waals surface area contributed by atoms with Crippen molar-refractivity contribution in [3.8, 4) is 28.7 Å². The van der Waals surface area contributed by atoms with E-state index in [4.69, 9.17) is 23.9 Å². The van der Waals surface area contributed by atoms with Gasteiger partial charge in [-0.1, -0.05) is 11.8 Å². The van der Waals surface area contributed by atoms with Gasteiger partial charge in [0.05, 0.1) is 51.0 Å². The van der Waals surface area contributed by atoms with E-state index in [9.17, 15) is 9.59 Å². The van der Waals surface area contributed by atoms with Gasteiger partial charge in [-0.25, -0.2) is 10.4 Å². The van der Waals surface area contributed by atoms with Crippen LogP contribution >= 0.6 is 23.1 Å². The molecule has 5 rings (SSSR count). The first kappa shape index (κ1) is 29.5. The summed E-state index contributed by atoms with van der Waals surface area (Å²) in [7, 11) is 4.61. The molecule has 4 aromatic rings. The standard InChI is InChI=1S/C30H32N4O6S2/c1-5-40-20-12-10-19(11-13-20)34-29(36)27-21-8-6-7-9-25(21)42-28(27)32-30(34)41-17-26(35)33-31-16-18-14-23(38-3)24(39-4)15-22(18)37-2/h10-16H,5-9,17H2,1-4H3,(H,33,35). The Bertz CT molecular complexity index is 1680. The number of carbonyl (C=O) groups is 1. The molecule has 1 aliphatic rings. The molecule has 0 aliphatic heterocycles. The van der Waals surface area contributed by atoms with Gasteiger partial charge >= 0.3 is 0 Å². The molecule has 1 amide bonds. The van der Waals surface area contributed by atoms with Gasteiger partial charge in [-0.15, -0.1) is 11.3 Å². The molecule has 10 nitrogen and oxygen atoms in total. The van der Waals surface area contributed by atoms with Crippen molar-refractivity contribution in [2.24, 2.45) is 5.10 Å². The average molecular weight is 609 g/mol.